The normalized spacial score (nSPS) is 26.7. The van der Waals surface area contributed by atoms with Crippen LogP contribution < -0.4 is 4.74 Å². The molecule has 0 spiro atoms. The fourth-order valence-corrected chi connectivity index (χ4v) is 9.07. The molecule has 3 rings (SSSR count). The number of hydrogen-bond donors (Lipinski definition) is 2. The third-order valence-corrected chi connectivity index (χ3v) is 13.5. The van der Waals surface area contributed by atoms with Gasteiger partial charge in [-0.05, 0) is 81.8 Å². The molecule has 7 atom stereocenters. The molecule has 1 unspecified atom stereocenters. The van der Waals surface area contributed by atoms with Crippen molar-refractivity contribution in [1.82, 2.24) is 0 Å². The van der Waals surface area contributed by atoms with Crippen LogP contribution in [0.15, 0.2) is 36.4 Å². The number of alkyl halides is 3. The Bertz CT molecular complexity index is 1040. The van der Waals surface area contributed by atoms with E-state index < -0.39 is 38.4 Å². The van der Waals surface area contributed by atoms with E-state index in [1.165, 1.54) is 12.1 Å². The Labute approximate surface area is 254 Å². The Morgan fingerprint density at radius 3 is 2.49 bits per heavy atom. The van der Waals surface area contributed by atoms with Crippen LogP contribution in [0.25, 0.3) is 0 Å². The van der Waals surface area contributed by atoms with Gasteiger partial charge in [-0.25, -0.2) is 0 Å². The molecule has 244 valence electrons. The Morgan fingerprint density at radius 2 is 1.86 bits per heavy atom. The maximum absolute atomic E-state index is 13.1. The van der Waals surface area contributed by atoms with Gasteiger partial charge in [0.1, 0.15) is 24.6 Å². The second-order valence-electron chi connectivity index (χ2n) is 12.1. The molecule has 1 saturated carbocycles. The Balaban J connectivity index is 1.65. The molecule has 1 heterocycles. The number of ether oxygens (including phenoxy) is 3. The van der Waals surface area contributed by atoms with Crippen molar-refractivity contribution in [3.05, 3.63) is 42.0 Å². The lowest BCUT2D eigenvalue weighted by atomic mass is 9.86. The second kappa shape index (κ2) is 15.9. The lowest BCUT2D eigenvalue weighted by molar-refractivity contribution is -0.147. The van der Waals surface area contributed by atoms with Crippen molar-refractivity contribution in [3.8, 4) is 5.75 Å². The highest BCUT2D eigenvalue weighted by molar-refractivity contribution is 6.73. The molecular weight excluding hydrogens is 581 g/mol. The summed E-state index contributed by atoms with van der Waals surface area (Å²) in [7, 11) is -2.01. The fraction of sp³-hybridized carbons (Fsp3) is 0.719. The zero-order valence-corrected chi connectivity index (χ0v) is 27.0. The van der Waals surface area contributed by atoms with Crippen molar-refractivity contribution in [1.29, 1.82) is 0 Å². The number of esters is 1. The van der Waals surface area contributed by atoms with E-state index in [4.69, 9.17) is 18.6 Å². The predicted octanol–water partition coefficient (Wildman–Crippen LogP) is 6.67. The Hall–Kier alpha value is -1.92. The summed E-state index contributed by atoms with van der Waals surface area (Å²) >= 11 is 0. The van der Waals surface area contributed by atoms with E-state index in [-0.39, 0.29) is 48.5 Å². The zero-order valence-electron chi connectivity index (χ0n) is 26.0. The van der Waals surface area contributed by atoms with E-state index in [2.05, 4.69) is 20.8 Å². The largest absolute Gasteiger partial charge is 0.491 e. The molecule has 0 amide bonds. The predicted molar refractivity (Wildman–Crippen MR) is 160 cm³/mol. The molecule has 0 bridgehead atoms. The zero-order chi connectivity index (χ0) is 31.8. The van der Waals surface area contributed by atoms with E-state index in [0.29, 0.717) is 32.1 Å². The van der Waals surface area contributed by atoms with Crippen LogP contribution in [0.4, 0.5) is 13.2 Å². The molecule has 7 nitrogen and oxygen atoms in total. The van der Waals surface area contributed by atoms with E-state index in [0.717, 1.165) is 30.3 Å². The van der Waals surface area contributed by atoms with Crippen LogP contribution in [0.5, 0.6) is 5.75 Å². The summed E-state index contributed by atoms with van der Waals surface area (Å²) in [6.45, 7) is 9.89. The van der Waals surface area contributed by atoms with Crippen LogP contribution in [0.2, 0.25) is 18.1 Å². The van der Waals surface area contributed by atoms with Crippen molar-refractivity contribution in [3.63, 3.8) is 0 Å². The minimum atomic E-state index is -4.49. The number of rotatable bonds is 17. The van der Waals surface area contributed by atoms with Crippen molar-refractivity contribution >= 4 is 14.3 Å². The molecule has 43 heavy (non-hydrogen) atoms. The van der Waals surface area contributed by atoms with Crippen molar-refractivity contribution in [2.45, 2.75) is 128 Å². The van der Waals surface area contributed by atoms with Gasteiger partial charge in [-0.2, -0.15) is 13.2 Å². The van der Waals surface area contributed by atoms with Crippen LogP contribution in [-0.4, -0.2) is 67.7 Å². The minimum absolute atomic E-state index is 0.0219. The van der Waals surface area contributed by atoms with Gasteiger partial charge < -0.3 is 28.8 Å². The van der Waals surface area contributed by atoms with Crippen molar-refractivity contribution in [2.75, 3.05) is 6.61 Å². The molecule has 1 aliphatic heterocycles. The number of epoxide rings is 1. The molecule has 11 heteroatoms. The number of benzene rings is 1. The quantitative estimate of drug-likeness (QED) is 0.0653. The number of unbranched alkanes of at least 4 members (excludes halogenated alkanes) is 1. The third kappa shape index (κ3) is 10.0. The lowest BCUT2D eigenvalue weighted by Crippen LogP contribution is -2.43. The number of halogens is 3. The van der Waals surface area contributed by atoms with Gasteiger partial charge in [-0.15, -0.1) is 0 Å². The van der Waals surface area contributed by atoms with Gasteiger partial charge >= 0.3 is 12.1 Å². The molecule has 0 aromatic heterocycles. The molecular formula is C32H49F3O7Si. The number of aliphatic hydroxyl groups is 2. The minimum Gasteiger partial charge on any atom is -0.491 e. The smallest absolute Gasteiger partial charge is 0.416 e. The van der Waals surface area contributed by atoms with E-state index in [9.17, 15) is 28.2 Å². The Kier molecular flexibility index (Phi) is 13.1. The fourth-order valence-electron chi connectivity index (χ4n) is 6.17. The molecule has 0 radical (unpaired) electrons. The summed E-state index contributed by atoms with van der Waals surface area (Å²) in [5.74, 6) is -0.479. The number of carbonyl (C=O) groups is 1. The van der Waals surface area contributed by atoms with Gasteiger partial charge in [0.05, 0.1) is 30.0 Å². The summed E-state index contributed by atoms with van der Waals surface area (Å²) < 4.78 is 62.8. The average Bonchev–Trinajstić information content (AvgIpc) is 3.69. The van der Waals surface area contributed by atoms with Crippen molar-refractivity contribution < 1.29 is 46.8 Å². The first-order chi connectivity index (χ1) is 20.3. The second-order valence-corrected chi connectivity index (χ2v) is 16.8. The number of allylic oxidation sites excluding steroid dienone is 2. The van der Waals surface area contributed by atoms with Gasteiger partial charge in [0.15, 0.2) is 8.32 Å². The number of hydrogen-bond acceptors (Lipinski definition) is 7. The summed E-state index contributed by atoms with van der Waals surface area (Å²) in [6, 6.07) is 7.46. The molecule has 2 aliphatic rings. The number of aliphatic hydroxyl groups excluding tert-OH is 2. The van der Waals surface area contributed by atoms with E-state index in [1.807, 2.05) is 26.0 Å². The summed E-state index contributed by atoms with van der Waals surface area (Å²) in [5.41, 5.74) is -0.818. The lowest BCUT2D eigenvalue weighted by Gasteiger charge is -2.34. The Morgan fingerprint density at radius 1 is 1.16 bits per heavy atom. The van der Waals surface area contributed by atoms with Crippen LogP contribution in [-0.2, 0) is 24.9 Å². The third-order valence-electron chi connectivity index (χ3n) is 8.82. The standard InChI is InChI=1S/C32H49F3O7Si/c1-6-43(7-2,8-3)42-27-19-25(36)24(16-11-9-10-12-17-28(38)40-21(4)5)29(27)31-30(41-31)26(37)20-39-23-15-13-14-22(18-23)32(33,34)35/h9,11,13-15,18,21,24-27,29-31,36-37H,6-8,10,12,16-17,19-20H2,1-5H3/b11-9-/t24-,25-,26-,27+,29+,30?,31+/m0/s1. The average molecular weight is 631 g/mol. The molecule has 1 aromatic rings. The van der Waals surface area contributed by atoms with Gasteiger partial charge in [-0.1, -0.05) is 39.0 Å². The van der Waals surface area contributed by atoms with Crippen LogP contribution in [0.3, 0.4) is 0 Å². The van der Waals surface area contributed by atoms with E-state index >= 15 is 0 Å². The van der Waals surface area contributed by atoms with Gasteiger partial charge in [0, 0.05) is 12.3 Å². The maximum atomic E-state index is 13.1. The van der Waals surface area contributed by atoms with Gasteiger partial charge in [-0.3, -0.25) is 4.79 Å². The van der Waals surface area contributed by atoms with Crippen LogP contribution in [0.1, 0.15) is 72.3 Å². The summed E-state index contributed by atoms with van der Waals surface area (Å²) in [6.07, 6.45) is -0.515. The van der Waals surface area contributed by atoms with Gasteiger partial charge in [0.2, 0.25) is 0 Å². The first-order valence-corrected chi connectivity index (χ1v) is 18.2. The maximum Gasteiger partial charge on any atom is 0.416 e. The molecule has 2 N–H and O–H groups in total. The SMILES string of the molecule is CC[Si](CC)(CC)O[C@@H]1C[C@H](O)[C@H](C/C=C\CCCC(=O)OC(C)C)[C@H]1[C@H]1OC1[C@@H](O)COc1cccc(C(F)(F)F)c1. The summed E-state index contributed by atoms with van der Waals surface area (Å²) in [4.78, 5) is 11.8. The van der Waals surface area contributed by atoms with E-state index in [1.54, 1.807) is 0 Å². The highest BCUT2D eigenvalue weighted by Gasteiger charge is 2.58. The number of carbonyl (C=O) groups excluding carboxylic acids is 1. The topological polar surface area (TPSA) is 97.8 Å². The first kappa shape index (κ1) is 35.6. The van der Waals surface area contributed by atoms with Crippen molar-refractivity contribution in [2.24, 2.45) is 11.8 Å². The molecule has 1 aliphatic carbocycles. The van der Waals surface area contributed by atoms with Crippen LogP contribution >= 0.6 is 0 Å². The highest BCUT2D eigenvalue weighted by atomic mass is 28.4. The van der Waals surface area contributed by atoms with Crippen LogP contribution in [0, 0.1) is 11.8 Å². The highest BCUT2D eigenvalue weighted by Crippen LogP contribution is 2.48. The molecule has 1 saturated heterocycles. The molecule has 1 aromatic carbocycles. The van der Waals surface area contributed by atoms with Gasteiger partial charge in [0.25, 0.3) is 0 Å². The first-order valence-electron chi connectivity index (χ1n) is 15.7. The molecule has 2 fully saturated rings. The monoisotopic (exact) mass is 630 g/mol. The summed E-state index contributed by atoms with van der Waals surface area (Å²) in [5, 5.41) is 22.0.